The van der Waals surface area contributed by atoms with Crippen molar-refractivity contribution in [2.24, 2.45) is 16.6 Å². The molecule has 0 spiro atoms. The smallest absolute Gasteiger partial charge is 0.219 e. The van der Waals surface area contributed by atoms with Crippen LogP contribution in [0.5, 0.6) is 0 Å². The summed E-state index contributed by atoms with van der Waals surface area (Å²) in [6.07, 6.45) is 14.9. The van der Waals surface area contributed by atoms with Gasteiger partial charge in [0, 0.05) is 52.7 Å². The van der Waals surface area contributed by atoms with Gasteiger partial charge in [0.25, 0.3) is 0 Å². The van der Waals surface area contributed by atoms with Gasteiger partial charge in [-0.15, -0.1) is 6.58 Å². The van der Waals surface area contributed by atoms with Gasteiger partial charge in [0.2, 0.25) is 5.91 Å². The van der Waals surface area contributed by atoms with E-state index in [4.69, 9.17) is 10.5 Å². The van der Waals surface area contributed by atoms with Crippen molar-refractivity contribution in [1.29, 1.82) is 0 Å². The van der Waals surface area contributed by atoms with Gasteiger partial charge < -0.3 is 20.3 Å². The Morgan fingerprint density at radius 2 is 1.50 bits per heavy atom. The molecule has 0 aliphatic heterocycles. The van der Waals surface area contributed by atoms with Gasteiger partial charge >= 0.3 is 0 Å². The summed E-state index contributed by atoms with van der Waals surface area (Å²) in [6, 6.07) is 4.12. The number of aliphatic imine (C=N–C) groups is 1. The predicted octanol–water partition coefficient (Wildman–Crippen LogP) is 10.4. The molecule has 1 unspecified atom stereocenters. The highest BCUT2D eigenvalue weighted by Crippen LogP contribution is 2.12. The number of carbonyl (C=O) groups excluding carboxylic acids is 2. The lowest BCUT2D eigenvalue weighted by molar-refractivity contribution is -0.127. The molecule has 1 atom stereocenters. The number of nitrogens with zero attached hydrogens (tertiary/aromatic N) is 4. The number of amides is 1. The number of carbonyl (C=O) groups is 2. The van der Waals surface area contributed by atoms with E-state index < -0.39 is 0 Å². The summed E-state index contributed by atoms with van der Waals surface area (Å²) >= 11 is 0. The maximum absolute atomic E-state index is 11.0. The van der Waals surface area contributed by atoms with Gasteiger partial charge in [-0.1, -0.05) is 97.1 Å². The number of allylic oxidation sites excluding steroid dienone is 3. The number of rotatable bonds is 10. The molecule has 7 heteroatoms. The highest BCUT2D eigenvalue weighted by molar-refractivity contribution is 5.72. The van der Waals surface area contributed by atoms with Crippen LogP contribution in [-0.2, 0) is 9.59 Å². The number of hydrogen-bond acceptors (Lipinski definition) is 6. The van der Waals surface area contributed by atoms with Gasteiger partial charge in [-0.3, -0.25) is 9.79 Å². The molecule has 1 amide bonds. The van der Waals surface area contributed by atoms with E-state index in [9.17, 15) is 4.79 Å². The first-order chi connectivity index (χ1) is 21.6. The van der Waals surface area contributed by atoms with E-state index in [1.807, 2.05) is 66.8 Å². The molecule has 0 radical (unpaired) electrons. The van der Waals surface area contributed by atoms with Crippen LogP contribution in [0.3, 0.4) is 0 Å². The lowest BCUT2D eigenvalue weighted by Crippen LogP contribution is -2.25. The van der Waals surface area contributed by atoms with Crippen LogP contribution in [0, 0.1) is 12.8 Å². The number of hydrogen-bond donors (Lipinski definition) is 1. The van der Waals surface area contributed by atoms with Crippen molar-refractivity contribution < 1.29 is 9.59 Å². The molecule has 1 aromatic heterocycles. The Morgan fingerprint density at radius 1 is 1.02 bits per heavy atom. The topological polar surface area (TPSA) is 91.9 Å². The fraction of sp³-hybridized carbons (Fsp3) is 0.590. The SMILES string of the molecule is C=C(C)/C(=C\N=CC)CCN(C)C(C)=O.C=CC(C)CC.C=O.CC(C)=CN.CCC.CCCC.CCN(C)c1ccc(C)cn1. The van der Waals surface area contributed by atoms with Crippen LogP contribution in [0.15, 0.2) is 71.7 Å². The first-order valence-electron chi connectivity index (χ1n) is 16.6. The van der Waals surface area contributed by atoms with Gasteiger partial charge in [0.15, 0.2) is 0 Å². The minimum atomic E-state index is 0.0788. The van der Waals surface area contributed by atoms with Gasteiger partial charge in [-0.05, 0) is 77.3 Å². The normalized spacial score (nSPS) is 9.85. The van der Waals surface area contributed by atoms with Crippen molar-refractivity contribution >= 4 is 24.7 Å². The Bertz CT molecular complexity index is 899. The second kappa shape index (κ2) is 43.6. The van der Waals surface area contributed by atoms with E-state index in [2.05, 4.69) is 82.6 Å². The molecule has 1 heterocycles. The molecule has 0 bridgehead atoms. The summed E-state index contributed by atoms with van der Waals surface area (Å²) in [6.45, 7) is 37.6. The predicted molar refractivity (Wildman–Crippen MR) is 210 cm³/mol. The molecule has 0 aliphatic carbocycles. The Balaban J connectivity index is -0.000000113. The van der Waals surface area contributed by atoms with Crippen LogP contribution >= 0.6 is 0 Å². The van der Waals surface area contributed by atoms with E-state index in [0.29, 0.717) is 12.5 Å². The van der Waals surface area contributed by atoms with Crippen molar-refractivity contribution in [2.45, 2.75) is 122 Å². The summed E-state index contributed by atoms with van der Waals surface area (Å²) in [7, 11) is 3.83. The molecule has 0 saturated heterocycles. The van der Waals surface area contributed by atoms with Gasteiger partial charge in [0.05, 0.1) is 0 Å². The molecule has 1 aromatic rings. The van der Waals surface area contributed by atoms with Crippen molar-refractivity contribution in [3.8, 4) is 0 Å². The minimum Gasteiger partial charge on any atom is -0.405 e. The average Bonchev–Trinajstić information content (AvgIpc) is 3.06. The Labute approximate surface area is 286 Å². The summed E-state index contributed by atoms with van der Waals surface area (Å²) in [5.41, 5.74) is 9.46. The molecule has 0 aliphatic rings. The third-order valence-corrected chi connectivity index (χ3v) is 5.82. The quantitative estimate of drug-likeness (QED) is 0.155. The zero-order valence-corrected chi connectivity index (χ0v) is 32.9. The van der Waals surface area contributed by atoms with Crippen molar-refractivity contribution in [2.75, 3.05) is 32.1 Å². The third-order valence-electron chi connectivity index (χ3n) is 5.82. The van der Waals surface area contributed by atoms with E-state index in [-0.39, 0.29) is 5.91 Å². The average molecular weight is 646 g/mol. The van der Waals surface area contributed by atoms with E-state index >= 15 is 0 Å². The minimum absolute atomic E-state index is 0.0788. The molecule has 0 saturated carbocycles. The van der Waals surface area contributed by atoms with Crippen molar-refractivity contribution in [3.63, 3.8) is 0 Å². The zero-order chi connectivity index (χ0) is 37.5. The number of pyridine rings is 1. The lowest BCUT2D eigenvalue weighted by atomic mass is 10.1. The summed E-state index contributed by atoms with van der Waals surface area (Å²) in [5.74, 6) is 1.82. The first kappa shape index (κ1) is 55.0. The van der Waals surface area contributed by atoms with E-state index in [1.165, 1.54) is 31.2 Å². The number of aromatic nitrogens is 1. The third kappa shape index (κ3) is 47.5. The zero-order valence-electron chi connectivity index (χ0n) is 32.9. The van der Waals surface area contributed by atoms with Crippen LogP contribution in [0.2, 0.25) is 0 Å². The Morgan fingerprint density at radius 3 is 1.74 bits per heavy atom. The second-order valence-corrected chi connectivity index (χ2v) is 10.8. The maximum Gasteiger partial charge on any atom is 0.219 e. The Kier molecular flexibility index (Phi) is 52.1. The second-order valence-electron chi connectivity index (χ2n) is 10.8. The number of nitrogens with two attached hydrogens (primary N) is 1. The van der Waals surface area contributed by atoms with Crippen LogP contribution in [0.4, 0.5) is 5.82 Å². The van der Waals surface area contributed by atoms with Gasteiger partial charge in [-0.25, -0.2) is 4.98 Å². The van der Waals surface area contributed by atoms with Gasteiger partial charge in [0.1, 0.15) is 12.6 Å². The fourth-order valence-electron chi connectivity index (χ4n) is 2.01. The van der Waals surface area contributed by atoms with Crippen molar-refractivity contribution in [3.05, 3.63) is 72.2 Å². The van der Waals surface area contributed by atoms with Crippen LogP contribution < -0.4 is 10.6 Å². The first-order valence-corrected chi connectivity index (χ1v) is 16.6. The maximum atomic E-state index is 11.0. The molecular formula is C39H75N5O2. The molecule has 2 N–H and O–H groups in total. The summed E-state index contributed by atoms with van der Waals surface area (Å²) < 4.78 is 0. The highest BCUT2D eigenvalue weighted by Gasteiger charge is 2.04. The summed E-state index contributed by atoms with van der Waals surface area (Å²) in [4.78, 5) is 31.1. The Hall–Kier alpha value is -3.48. The monoisotopic (exact) mass is 646 g/mol. The van der Waals surface area contributed by atoms with E-state index in [1.54, 1.807) is 37.5 Å². The van der Waals surface area contributed by atoms with Gasteiger partial charge in [-0.2, -0.15) is 0 Å². The fourth-order valence-corrected chi connectivity index (χ4v) is 2.01. The highest BCUT2D eigenvalue weighted by atomic mass is 16.2. The van der Waals surface area contributed by atoms with E-state index in [0.717, 1.165) is 35.5 Å². The summed E-state index contributed by atoms with van der Waals surface area (Å²) in [5, 5.41) is 0. The van der Waals surface area contributed by atoms with Crippen LogP contribution in [-0.4, -0.2) is 56.0 Å². The standard InChI is InChI=1S/C12H20N2O.C9H14N2.C6H12.C4H9N.C4H10.C3H8.CH2O/c1-6-13-9-12(10(2)3)7-8-14(5)11(4)15;1-4-11(3)9-6-5-8(2)7-10-9;1-4-6(3)5-2;1-4(2)3-5;1-3-4-2;1-3-2;1-2/h6,9H,2,7-8H2,1,3-5H3;5-7H,4H2,1-3H3;4,6H,1,5H2,2-3H3;3H,5H2,1-2H3;3-4H2,1-2H3;3H2,1-2H3;1H2/b12-9-,13-6?;;;;;;. The largest absolute Gasteiger partial charge is 0.405 e. The molecule has 0 aromatic carbocycles. The van der Waals surface area contributed by atoms with Crippen molar-refractivity contribution in [1.82, 2.24) is 9.88 Å². The number of unbranched alkanes of at least 4 members (excludes halogenated alkanes) is 1. The molecule has 46 heavy (non-hydrogen) atoms. The van der Waals surface area contributed by atoms with Crippen LogP contribution in [0.1, 0.15) is 121 Å². The molecule has 0 fully saturated rings. The van der Waals surface area contributed by atoms with Crippen LogP contribution in [0.25, 0.3) is 0 Å². The molecule has 268 valence electrons. The number of aryl methyl sites for hydroxylation is 1. The lowest BCUT2D eigenvalue weighted by Gasteiger charge is -2.15. The number of anilines is 1. The molecule has 1 rings (SSSR count). The molecule has 7 nitrogen and oxygen atoms in total. The molecular weight excluding hydrogens is 570 g/mol.